The number of hydrogen-bond acceptors (Lipinski definition) is 1. The summed E-state index contributed by atoms with van der Waals surface area (Å²) in [6.45, 7) is 15.3. The first-order valence-corrected chi connectivity index (χ1v) is 6.14. The van der Waals surface area contributed by atoms with E-state index in [-0.39, 0.29) is 22.7 Å². The highest BCUT2D eigenvalue weighted by molar-refractivity contribution is 5.79. The van der Waals surface area contributed by atoms with Crippen molar-refractivity contribution in [2.24, 2.45) is 22.7 Å². The van der Waals surface area contributed by atoms with Crippen molar-refractivity contribution in [1.29, 1.82) is 0 Å². The van der Waals surface area contributed by atoms with Crippen molar-refractivity contribution in [2.45, 2.75) is 48.5 Å². The Morgan fingerprint density at radius 3 is 1.56 bits per heavy atom. The van der Waals surface area contributed by atoms with Crippen LogP contribution in [0.2, 0.25) is 0 Å². The molecular weight excluding hydrogens is 198 g/mol. The third-order valence-corrected chi connectivity index (χ3v) is 4.08. The van der Waals surface area contributed by atoms with Crippen LogP contribution in [-0.4, -0.2) is 24.9 Å². The van der Waals surface area contributed by atoms with Gasteiger partial charge in [-0.15, -0.1) is 0 Å². The molecule has 0 heterocycles. The molecule has 0 saturated heterocycles. The largest absolute Gasteiger partial charge is 0.349 e. The van der Waals surface area contributed by atoms with Crippen molar-refractivity contribution in [3.05, 3.63) is 0 Å². The summed E-state index contributed by atoms with van der Waals surface area (Å²) in [4.78, 5) is 14.0. The van der Waals surface area contributed by atoms with E-state index in [1.54, 1.807) is 4.90 Å². The number of carbonyl (C=O) groups is 1. The number of rotatable bonds is 3. The number of carbonyl (C=O) groups excluding carboxylic acids is 1. The summed E-state index contributed by atoms with van der Waals surface area (Å²) < 4.78 is 0. The van der Waals surface area contributed by atoms with Crippen LogP contribution in [0.5, 0.6) is 0 Å². The third kappa shape index (κ3) is 2.99. The van der Waals surface area contributed by atoms with Crippen LogP contribution in [-0.2, 0) is 4.79 Å². The van der Waals surface area contributed by atoms with E-state index in [1.807, 2.05) is 14.1 Å². The summed E-state index contributed by atoms with van der Waals surface area (Å²) in [6.07, 6.45) is 0. The molecule has 0 aromatic rings. The lowest BCUT2D eigenvalue weighted by Gasteiger charge is -2.46. The fourth-order valence-corrected chi connectivity index (χ4v) is 2.17. The van der Waals surface area contributed by atoms with Gasteiger partial charge in [0.2, 0.25) is 5.91 Å². The Labute approximate surface area is 101 Å². The molecule has 1 unspecified atom stereocenters. The van der Waals surface area contributed by atoms with Gasteiger partial charge in [-0.3, -0.25) is 4.79 Å². The zero-order valence-corrected chi connectivity index (χ0v) is 12.5. The molecule has 0 rings (SSSR count). The molecule has 0 aliphatic heterocycles. The molecule has 1 atom stereocenters. The highest BCUT2D eigenvalue weighted by Gasteiger charge is 2.45. The second-order valence-corrected chi connectivity index (χ2v) is 6.93. The van der Waals surface area contributed by atoms with Gasteiger partial charge in [0.25, 0.3) is 0 Å². The molecule has 0 aliphatic rings. The van der Waals surface area contributed by atoms with Crippen molar-refractivity contribution in [2.75, 3.05) is 14.1 Å². The minimum Gasteiger partial charge on any atom is -0.349 e. The molecule has 2 nitrogen and oxygen atoms in total. The SMILES string of the molecule is CC(C)C(C(=O)N(C)C)C(C)(C)C(C)(C)C. The van der Waals surface area contributed by atoms with Gasteiger partial charge in [0.1, 0.15) is 0 Å². The van der Waals surface area contributed by atoms with Crippen molar-refractivity contribution in [1.82, 2.24) is 4.90 Å². The number of hydrogen-bond donors (Lipinski definition) is 0. The normalized spacial score (nSPS) is 15.1. The zero-order valence-electron chi connectivity index (χ0n) is 12.5. The van der Waals surface area contributed by atoms with Crippen LogP contribution in [0.15, 0.2) is 0 Å². The summed E-state index contributed by atoms with van der Waals surface area (Å²) in [7, 11) is 3.69. The van der Waals surface area contributed by atoms with Crippen molar-refractivity contribution >= 4 is 5.91 Å². The molecule has 16 heavy (non-hydrogen) atoms. The van der Waals surface area contributed by atoms with Gasteiger partial charge in [-0.05, 0) is 16.7 Å². The van der Waals surface area contributed by atoms with E-state index < -0.39 is 0 Å². The molecule has 0 aromatic carbocycles. The van der Waals surface area contributed by atoms with Gasteiger partial charge in [-0.2, -0.15) is 0 Å². The zero-order chi connectivity index (χ0) is 13.3. The van der Waals surface area contributed by atoms with Crippen molar-refractivity contribution in [3.63, 3.8) is 0 Å². The molecule has 0 radical (unpaired) electrons. The van der Waals surface area contributed by atoms with Gasteiger partial charge in [0, 0.05) is 20.0 Å². The minimum atomic E-state index is -0.0114. The van der Waals surface area contributed by atoms with E-state index in [0.717, 1.165) is 0 Å². The average molecular weight is 227 g/mol. The molecule has 96 valence electrons. The molecule has 0 bridgehead atoms. The predicted molar refractivity (Wildman–Crippen MR) is 70.3 cm³/mol. The topological polar surface area (TPSA) is 20.3 Å². The van der Waals surface area contributed by atoms with E-state index in [2.05, 4.69) is 48.5 Å². The number of nitrogens with zero attached hydrogens (tertiary/aromatic N) is 1. The quantitative estimate of drug-likeness (QED) is 0.723. The first-order chi connectivity index (χ1) is 6.93. The van der Waals surface area contributed by atoms with Crippen LogP contribution in [0.3, 0.4) is 0 Å². The smallest absolute Gasteiger partial charge is 0.225 e. The molecular formula is C14H29NO. The lowest BCUT2D eigenvalue weighted by Crippen LogP contribution is -2.47. The maximum Gasteiger partial charge on any atom is 0.225 e. The average Bonchev–Trinajstić information content (AvgIpc) is 2.00. The fraction of sp³-hybridized carbons (Fsp3) is 0.929. The van der Waals surface area contributed by atoms with E-state index in [1.165, 1.54) is 0 Å². The van der Waals surface area contributed by atoms with E-state index in [9.17, 15) is 4.79 Å². The lowest BCUT2D eigenvalue weighted by atomic mass is 9.59. The second kappa shape index (κ2) is 4.77. The highest BCUT2D eigenvalue weighted by atomic mass is 16.2. The molecule has 0 saturated carbocycles. The van der Waals surface area contributed by atoms with E-state index >= 15 is 0 Å². The Hall–Kier alpha value is -0.530. The lowest BCUT2D eigenvalue weighted by molar-refractivity contribution is -0.143. The Balaban J connectivity index is 5.31. The summed E-state index contributed by atoms with van der Waals surface area (Å²) in [5, 5.41) is 0. The first-order valence-electron chi connectivity index (χ1n) is 6.14. The monoisotopic (exact) mass is 227 g/mol. The molecule has 0 N–H and O–H groups in total. The highest BCUT2D eigenvalue weighted by Crippen LogP contribution is 2.47. The van der Waals surface area contributed by atoms with Crippen molar-refractivity contribution in [3.8, 4) is 0 Å². The summed E-state index contributed by atoms with van der Waals surface area (Å²) >= 11 is 0. The summed E-state index contributed by atoms with van der Waals surface area (Å²) in [5.41, 5.74) is 0.107. The van der Waals surface area contributed by atoms with Gasteiger partial charge in [0.05, 0.1) is 0 Å². The third-order valence-electron chi connectivity index (χ3n) is 4.08. The van der Waals surface area contributed by atoms with Crippen molar-refractivity contribution < 1.29 is 4.79 Å². The molecule has 0 aromatic heterocycles. The van der Waals surface area contributed by atoms with Crippen LogP contribution in [0.1, 0.15) is 48.5 Å². The minimum absolute atomic E-state index is 0.0114. The van der Waals surface area contributed by atoms with Crippen LogP contribution in [0.4, 0.5) is 0 Å². The molecule has 2 heteroatoms. The Bertz CT molecular complexity index is 246. The standard InChI is InChI=1S/C14H29NO/c1-10(2)11(12(16)15(8)9)14(6,7)13(3,4)5/h10-11H,1-9H3. The summed E-state index contributed by atoms with van der Waals surface area (Å²) in [6, 6.07) is 0. The molecule has 1 amide bonds. The van der Waals surface area contributed by atoms with Gasteiger partial charge in [0.15, 0.2) is 0 Å². The van der Waals surface area contributed by atoms with Gasteiger partial charge in [-0.1, -0.05) is 48.5 Å². The maximum atomic E-state index is 12.3. The first kappa shape index (κ1) is 15.5. The predicted octanol–water partition coefficient (Wildman–Crippen LogP) is 3.42. The van der Waals surface area contributed by atoms with Gasteiger partial charge < -0.3 is 4.90 Å². The molecule has 0 aliphatic carbocycles. The Kier molecular flexibility index (Phi) is 4.61. The summed E-state index contributed by atoms with van der Waals surface area (Å²) in [5.74, 6) is 0.682. The Morgan fingerprint density at radius 2 is 1.38 bits per heavy atom. The van der Waals surface area contributed by atoms with Crippen LogP contribution < -0.4 is 0 Å². The van der Waals surface area contributed by atoms with Crippen LogP contribution >= 0.6 is 0 Å². The van der Waals surface area contributed by atoms with Crippen LogP contribution in [0.25, 0.3) is 0 Å². The number of amides is 1. The van der Waals surface area contributed by atoms with E-state index in [4.69, 9.17) is 0 Å². The van der Waals surface area contributed by atoms with Crippen LogP contribution in [0, 0.1) is 22.7 Å². The van der Waals surface area contributed by atoms with E-state index in [0.29, 0.717) is 5.92 Å². The second-order valence-electron chi connectivity index (χ2n) is 6.93. The molecule has 0 spiro atoms. The Morgan fingerprint density at radius 1 is 1.00 bits per heavy atom. The van der Waals surface area contributed by atoms with Gasteiger partial charge >= 0.3 is 0 Å². The fourth-order valence-electron chi connectivity index (χ4n) is 2.17. The molecule has 0 fully saturated rings. The maximum absolute atomic E-state index is 12.3. The van der Waals surface area contributed by atoms with Gasteiger partial charge in [-0.25, -0.2) is 0 Å².